The van der Waals surface area contributed by atoms with Crippen molar-refractivity contribution in [2.75, 3.05) is 45.3 Å². The van der Waals surface area contributed by atoms with E-state index in [4.69, 9.17) is 4.74 Å². The predicted octanol–water partition coefficient (Wildman–Crippen LogP) is 7.46. The predicted molar refractivity (Wildman–Crippen MR) is 128 cm³/mol. The van der Waals surface area contributed by atoms with Crippen molar-refractivity contribution in [2.45, 2.75) is 116 Å². The molecule has 1 aliphatic heterocycles. The summed E-state index contributed by atoms with van der Waals surface area (Å²) in [5.41, 5.74) is 0. The van der Waals surface area contributed by atoms with Crippen molar-refractivity contribution in [3.8, 4) is 0 Å². The number of quaternary nitrogens is 1. The Morgan fingerprint density at radius 3 is 1.68 bits per heavy atom. The molecule has 0 radical (unpaired) electrons. The highest BCUT2D eigenvalue weighted by Gasteiger charge is 2.30. The van der Waals surface area contributed by atoms with E-state index in [1.807, 2.05) is 7.11 Å². The molecule has 0 aromatic rings. The van der Waals surface area contributed by atoms with Crippen molar-refractivity contribution < 1.29 is 9.22 Å². The Hall–Kier alpha value is 0.270. The normalized spacial score (nSPS) is 17.2. The summed E-state index contributed by atoms with van der Waals surface area (Å²) in [4.78, 5) is 0. The lowest BCUT2D eigenvalue weighted by atomic mass is 10.0. The van der Waals surface area contributed by atoms with Crippen LogP contribution in [0, 0.1) is 0 Å². The van der Waals surface area contributed by atoms with Gasteiger partial charge in [0, 0.05) is 25.7 Å². The zero-order chi connectivity index (χ0) is 20.3. The summed E-state index contributed by atoms with van der Waals surface area (Å²) >= 11 is 2.12. The summed E-state index contributed by atoms with van der Waals surface area (Å²) < 4.78 is 7.00. The van der Waals surface area contributed by atoms with Crippen molar-refractivity contribution in [2.24, 2.45) is 0 Å². The highest BCUT2D eigenvalue weighted by molar-refractivity contribution is 7.99. The van der Waals surface area contributed by atoms with Gasteiger partial charge in [0.15, 0.2) is 0 Å². The van der Waals surface area contributed by atoms with Crippen LogP contribution in [0.3, 0.4) is 0 Å². The van der Waals surface area contributed by atoms with E-state index in [1.165, 1.54) is 138 Å². The lowest BCUT2D eigenvalue weighted by Gasteiger charge is -2.32. The van der Waals surface area contributed by atoms with Crippen molar-refractivity contribution in [3.05, 3.63) is 0 Å². The molecule has 168 valence electrons. The van der Waals surface area contributed by atoms with Gasteiger partial charge in [-0.25, -0.2) is 0 Å². The van der Waals surface area contributed by atoms with E-state index in [-0.39, 0.29) is 0 Å². The molecule has 1 fully saturated rings. The summed E-state index contributed by atoms with van der Waals surface area (Å²) in [7, 11) is 4.32. The molecule has 0 bridgehead atoms. The molecule has 0 amide bonds. The first-order valence-corrected chi connectivity index (χ1v) is 13.8. The molecule has 1 heterocycles. The van der Waals surface area contributed by atoms with Crippen molar-refractivity contribution >= 4 is 11.8 Å². The minimum absolute atomic E-state index is 0.444. The van der Waals surface area contributed by atoms with Crippen LogP contribution in [0.25, 0.3) is 0 Å². The number of methoxy groups -OCH3 is 1. The van der Waals surface area contributed by atoms with Gasteiger partial charge in [-0.05, 0) is 12.2 Å². The molecule has 0 saturated carbocycles. The maximum atomic E-state index is 5.77. The third-order valence-electron chi connectivity index (χ3n) is 6.57. The number of likely N-dealkylation sites (N-methyl/N-ethyl adjacent to an activating group) is 1. The van der Waals surface area contributed by atoms with Gasteiger partial charge in [-0.3, -0.25) is 0 Å². The largest absolute Gasteiger partial charge is 0.375 e. The van der Waals surface area contributed by atoms with E-state index in [0.717, 1.165) is 0 Å². The summed E-state index contributed by atoms with van der Waals surface area (Å²) in [6.07, 6.45) is 23.5. The summed E-state index contributed by atoms with van der Waals surface area (Å²) in [6.45, 7) is 6.21. The molecule has 0 spiro atoms. The number of likely N-dealkylation sites (tertiary alicyclic amines) is 1. The monoisotopic (exact) mass is 414 g/mol. The first-order chi connectivity index (χ1) is 13.7. The molecular weight excluding hydrogens is 362 g/mol. The van der Waals surface area contributed by atoms with E-state index < -0.39 is 0 Å². The van der Waals surface area contributed by atoms with Crippen LogP contribution in [-0.2, 0) is 4.74 Å². The molecule has 28 heavy (non-hydrogen) atoms. The molecule has 1 unspecified atom stereocenters. The Kier molecular flexibility index (Phi) is 17.0. The van der Waals surface area contributed by atoms with Gasteiger partial charge in [0.1, 0.15) is 12.6 Å². The van der Waals surface area contributed by atoms with Crippen LogP contribution in [0.4, 0.5) is 0 Å². The van der Waals surface area contributed by atoms with Crippen LogP contribution in [0.1, 0.15) is 110 Å². The van der Waals surface area contributed by atoms with E-state index in [9.17, 15) is 0 Å². The zero-order valence-corrected chi connectivity index (χ0v) is 20.5. The van der Waals surface area contributed by atoms with Crippen molar-refractivity contribution in [1.29, 1.82) is 0 Å². The van der Waals surface area contributed by atoms with Gasteiger partial charge in [-0.2, -0.15) is 11.8 Å². The highest BCUT2D eigenvalue weighted by atomic mass is 32.2. The molecule has 0 N–H and O–H groups in total. The van der Waals surface area contributed by atoms with Gasteiger partial charge >= 0.3 is 0 Å². The number of ether oxygens (including phenoxy) is 1. The zero-order valence-electron chi connectivity index (χ0n) is 19.7. The summed E-state index contributed by atoms with van der Waals surface area (Å²) in [5.74, 6) is 2.50. The minimum atomic E-state index is 0.444. The van der Waals surface area contributed by atoms with Crippen LogP contribution < -0.4 is 0 Å². The second kappa shape index (κ2) is 18.1. The van der Waals surface area contributed by atoms with E-state index in [0.29, 0.717) is 6.10 Å². The Bertz CT molecular complexity index is 331. The van der Waals surface area contributed by atoms with E-state index in [1.54, 1.807) is 0 Å². The Labute approximate surface area is 182 Å². The molecule has 2 nitrogen and oxygen atoms in total. The quantitative estimate of drug-likeness (QED) is 0.151. The molecule has 1 atom stereocenters. The molecule has 3 heteroatoms. The van der Waals surface area contributed by atoms with Gasteiger partial charge in [-0.1, -0.05) is 90.4 Å². The molecule has 0 aliphatic carbocycles. The summed E-state index contributed by atoms with van der Waals surface area (Å²) in [6, 6.07) is 0. The fourth-order valence-electron chi connectivity index (χ4n) is 4.58. The molecule has 1 aliphatic rings. The third-order valence-corrected chi connectivity index (χ3v) is 7.75. The molecule has 1 saturated heterocycles. The first-order valence-electron chi connectivity index (χ1n) is 12.6. The fourth-order valence-corrected chi connectivity index (χ4v) is 5.66. The van der Waals surface area contributed by atoms with E-state index >= 15 is 0 Å². The first kappa shape index (κ1) is 26.3. The Morgan fingerprint density at radius 2 is 1.21 bits per heavy atom. The number of hydrogen-bond acceptors (Lipinski definition) is 2. The van der Waals surface area contributed by atoms with Gasteiger partial charge in [-0.15, -0.1) is 0 Å². The molecule has 0 aromatic heterocycles. The maximum Gasteiger partial charge on any atom is 0.115 e. The summed E-state index contributed by atoms with van der Waals surface area (Å²) in [5, 5.41) is 0. The number of unbranched alkanes of at least 4 members (excludes halogenated alkanes) is 13. The molecule has 1 rings (SSSR count). The molecular formula is C25H52NOS+. The van der Waals surface area contributed by atoms with Crippen LogP contribution in [0.2, 0.25) is 0 Å². The van der Waals surface area contributed by atoms with Crippen LogP contribution in [-0.4, -0.2) is 55.9 Å². The van der Waals surface area contributed by atoms with Crippen LogP contribution in [0.15, 0.2) is 0 Å². The second-order valence-electron chi connectivity index (χ2n) is 9.49. The smallest absolute Gasteiger partial charge is 0.115 e. The minimum Gasteiger partial charge on any atom is -0.375 e. The number of hydrogen-bond donors (Lipinski definition) is 0. The second-order valence-corrected chi connectivity index (χ2v) is 10.6. The van der Waals surface area contributed by atoms with Gasteiger partial charge in [0.25, 0.3) is 0 Å². The topological polar surface area (TPSA) is 9.23 Å². The average Bonchev–Trinajstić information content (AvgIpc) is 3.13. The van der Waals surface area contributed by atoms with Gasteiger partial charge in [0.2, 0.25) is 0 Å². The lowest BCUT2D eigenvalue weighted by Crippen LogP contribution is -2.47. The maximum absolute atomic E-state index is 5.77. The lowest BCUT2D eigenvalue weighted by molar-refractivity contribution is -0.900. The van der Waals surface area contributed by atoms with E-state index in [2.05, 4.69) is 25.7 Å². The van der Waals surface area contributed by atoms with Gasteiger partial charge in [0.05, 0.1) is 20.1 Å². The molecule has 0 aromatic carbocycles. The van der Waals surface area contributed by atoms with Gasteiger partial charge < -0.3 is 9.22 Å². The standard InChI is InChI=1S/C25H52NOS/c1-4-5-6-7-8-9-10-11-12-13-14-15-16-19-22-28-24-25(27-3)23-26(2)20-17-18-21-26/h25H,4-24H2,1-3H3/q+1. The average molecular weight is 415 g/mol. The SMILES string of the molecule is CCCCCCCCCCCCCCCCSCC(C[N+]1(C)CCCC1)OC. The van der Waals surface area contributed by atoms with Crippen LogP contribution >= 0.6 is 11.8 Å². The number of rotatable bonds is 20. The Morgan fingerprint density at radius 1 is 0.750 bits per heavy atom. The van der Waals surface area contributed by atoms with Crippen LogP contribution in [0.5, 0.6) is 0 Å². The third kappa shape index (κ3) is 14.3. The number of nitrogens with zero attached hydrogens (tertiary/aromatic N) is 1. The highest BCUT2D eigenvalue weighted by Crippen LogP contribution is 2.20. The van der Waals surface area contributed by atoms with Crippen molar-refractivity contribution in [3.63, 3.8) is 0 Å². The number of thioether (sulfide) groups is 1. The van der Waals surface area contributed by atoms with Crippen molar-refractivity contribution in [1.82, 2.24) is 0 Å². The fraction of sp³-hybridized carbons (Fsp3) is 1.00. The Balaban J connectivity index is 1.80.